The number of hydrogen-bond acceptors (Lipinski definition) is 3. The van der Waals surface area contributed by atoms with E-state index in [9.17, 15) is 4.79 Å². The topological polar surface area (TPSA) is 69.1 Å². The molecule has 0 bridgehead atoms. The molecular formula is C9H7BrN2O2. The Morgan fingerprint density at radius 1 is 1.57 bits per heavy atom. The van der Waals surface area contributed by atoms with E-state index in [1.165, 1.54) is 0 Å². The average Bonchev–Trinajstić information content (AvgIpc) is 2.58. The summed E-state index contributed by atoms with van der Waals surface area (Å²) in [7, 11) is 0. The summed E-state index contributed by atoms with van der Waals surface area (Å²) in [5, 5.41) is 0.549. The molecule has 0 aliphatic carbocycles. The highest BCUT2D eigenvalue weighted by Gasteiger charge is 2.07. The Morgan fingerprint density at radius 3 is 3.00 bits per heavy atom. The second-order valence-corrected chi connectivity index (χ2v) is 3.35. The van der Waals surface area contributed by atoms with Gasteiger partial charge < -0.3 is 10.2 Å². The van der Waals surface area contributed by atoms with E-state index in [0.717, 1.165) is 5.52 Å². The Bertz CT molecular complexity index is 493. The number of nitrogens with zero attached hydrogens (tertiary/aromatic N) is 1. The van der Waals surface area contributed by atoms with Crippen molar-refractivity contribution in [3.05, 3.63) is 29.7 Å². The molecule has 0 saturated heterocycles. The number of hydrogen-bond donors (Lipinski definition) is 1. The van der Waals surface area contributed by atoms with Gasteiger partial charge in [0.2, 0.25) is 11.8 Å². The number of carbonyl (C=O) groups is 1. The zero-order valence-electron chi connectivity index (χ0n) is 7.16. The van der Waals surface area contributed by atoms with Gasteiger partial charge in [0.05, 0.1) is 5.33 Å². The lowest BCUT2D eigenvalue weighted by molar-refractivity contribution is 0.100. The first-order valence-electron chi connectivity index (χ1n) is 3.96. The summed E-state index contributed by atoms with van der Waals surface area (Å²) in [6.07, 6.45) is 0. The zero-order valence-corrected chi connectivity index (χ0v) is 8.74. The molecule has 0 atom stereocenters. The monoisotopic (exact) mass is 254 g/mol. The van der Waals surface area contributed by atoms with E-state index in [4.69, 9.17) is 10.2 Å². The van der Waals surface area contributed by atoms with Crippen LogP contribution < -0.4 is 5.73 Å². The minimum absolute atomic E-state index is 0.426. The van der Waals surface area contributed by atoms with Crippen molar-refractivity contribution in [3.8, 4) is 0 Å². The van der Waals surface area contributed by atoms with Crippen LogP contribution in [0.25, 0.3) is 11.1 Å². The van der Waals surface area contributed by atoms with Crippen LogP contribution in [0.15, 0.2) is 22.6 Å². The largest absolute Gasteiger partial charge is 0.440 e. The van der Waals surface area contributed by atoms with E-state index in [-0.39, 0.29) is 0 Å². The van der Waals surface area contributed by atoms with Crippen molar-refractivity contribution in [1.82, 2.24) is 4.98 Å². The minimum atomic E-state index is -0.469. The lowest BCUT2D eigenvalue weighted by Gasteiger charge is -1.92. The fourth-order valence-electron chi connectivity index (χ4n) is 1.18. The van der Waals surface area contributed by atoms with Crippen LogP contribution in [0.4, 0.5) is 0 Å². The van der Waals surface area contributed by atoms with Gasteiger partial charge in [-0.25, -0.2) is 4.98 Å². The van der Waals surface area contributed by atoms with Gasteiger partial charge in [-0.05, 0) is 18.2 Å². The van der Waals surface area contributed by atoms with Gasteiger partial charge in [-0.2, -0.15) is 0 Å². The maximum atomic E-state index is 10.9. The molecule has 5 heteroatoms. The van der Waals surface area contributed by atoms with E-state index in [1.807, 2.05) is 0 Å². The normalized spacial score (nSPS) is 10.6. The van der Waals surface area contributed by atoms with Crippen LogP contribution >= 0.6 is 15.9 Å². The molecule has 2 N–H and O–H groups in total. The number of benzene rings is 1. The molecule has 1 aromatic heterocycles. The molecule has 0 spiro atoms. The molecule has 0 aliphatic heterocycles. The van der Waals surface area contributed by atoms with Gasteiger partial charge in [-0.1, -0.05) is 15.9 Å². The van der Waals surface area contributed by atoms with Crippen LogP contribution in [-0.4, -0.2) is 10.9 Å². The SMILES string of the molecule is NC(=O)c1ccc2nc(CBr)oc2c1. The third-order valence-corrected chi connectivity index (χ3v) is 2.31. The average molecular weight is 255 g/mol. The number of alkyl halides is 1. The second-order valence-electron chi connectivity index (χ2n) is 2.79. The van der Waals surface area contributed by atoms with E-state index < -0.39 is 5.91 Å². The van der Waals surface area contributed by atoms with Gasteiger partial charge in [0.15, 0.2) is 5.58 Å². The van der Waals surface area contributed by atoms with Crippen molar-refractivity contribution < 1.29 is 9.21 Å². The fraction of sp³-hybridized carbons (Fsp3) is 0.111. The van der Waals surface area contributed by atoms with Gasteiger partial charge in [0.1, 0.15) is 5.52 Å². The molecule has 2 rings (SSSR count). The van der Waals surface area contributed by atoms with Crippen LogP contribution in [0.2, 0.25) is 0 Å². The molecule has 0 aliphatic rings. The number of amides is 1. The van der Waals surface area contributed by atoms with Crippen LogP contribution in [0.1, 0.15) is 16.2 Å². The number of carbonyl (C=O) groups excluding carboxylic acids is 1. The lowest BCUT2D eigenvalue weighted by Crippen LogP contribution is -2.10. The van der Waals surface area contributed by atoms with Gasteiger partial charge in [0.25, 0.3) is 0 Å². The summed E-state index contributed by atoms with van der Waals surface area (Å²) in [6, 6.07) is 4.94. The van der Waals surface area contributed by atoms with E-state index >= 15 is 0 Å². The minimum Gasteiger partial charge on any atom is -0.440 e. The van der Waals surface area contributed by atoms with Crippen LogP contribution in [0, 0.1) is 0 Å². The number of oxazole rings is 1. The maximum Gasteiger partial charge on any atom is 0.248 e. The molecule has 14 heavy (non-hydrogen) atoms. The molecule has 1 amide bonds. The van der Waals surface area contributed by atoms with Gasteiger partial charge in [-0.15, -0.1) is 0 Å². The predicted molar refractivity (Wildman–Crippen MR) is 55.2 cm³/mol. The molecular weight excluding hydrogens is 248 g/mol. The summed E-state index contributed by atoms with van der Waals surface area (Å²) < 4.78 is 5.34. The molecule has 1 heterocycles. The summed E-state index contributed by atoms with van der Waals surface area (Å²) in [5.41, 5.74) is 6.87. The van der Waals surface area contributed by atoms with Gasteiger partial charge >= 0.3 is 0 Å². The fourth-order valence-corrected chi connectivity index (χ4v) is 1.42. The molecule has 0 fully saturated rings. The Labute approximate surface area is 88.2 Å². The third kappa shape index (κ3) is 1.50. The van der Waals surface area contributed by atoms with E-state index in [2.05, 4.69) is 20.9 Å². The molecule has 2 aromatic rings. The third-order valence-electron chi connectivity index (χ3n) is 1.83. The zero-order chi connectivity index (χ0) is 10.1. The quantitative estimate of drug-likeness (QED) is 0.832. The van der Waals surface area contributed by atoms with E-state index in [0.29, 0.717) is 22.4 Å². The van der Waals surface area contributed by atoms with Gasteiger partial charge in [0, 0.05) is 5.56 Å². The van der Waals surface area contributed by atoms with Crippen molar-refractivity contribution in [1.29, 1.82) is 0 Å². The number of primary amides is 1. The predicted octanol–water partition coefficient (Wildman–Crippen LogP) is 1.82. The molecule has 1 aromatic carbocycles. The molecule has 0 saturated carbocycles. The highest BCUT2D eigenvalue weighted by molar-refractivity contribution is 9.08. The summed E-state index contributed by atoms with van der Waals surface area (Å²) in [6.45, 7) is 0. The van der Waals surface area contributed by atoms with Crippen molar-refractivity contribution in [2.45, 2.75) is 5.33 Å². The molecule has 0 radical (unpaired) electrons. The highest BCUT2D eigenvalue weighted by atomic mass is 79.9. The van der Waals surface area contributed by atoms with Crippen molar-refractivity contribution >= 4 is 32.9 Å². The van der Waals surface area contributed by atoms with Crippen molar-refractivity contribution in [2.75, 3.05) is 0 Å². The van der Waals surface area contributed by atoms with Crippen molar-refractivity contribution in [2.24, 2.45) is 5.73 Å². The molecule has 0 unspecified atom stereocenters. The number of aromatic nitrogens is 1. The van der Waals surface area contributed by atoms with Crippen molar-refractivity contribution in [3.63, 3.8) is 0 Å². The smallest absolute Gasteiger partial charge is 0.248 e. The standard InChI is InChI=1S/C9H7BrN2O2/c10-4-8-12-6-2-1-5(9(11)13)3-7(6)14-8/h1-3H,4H2,(H2,11,13). The Morgan fingerprint density at radius 2 is 2.36 bits per heavy atom. The summed E-state index contributed by atoms with van der Waals surface area (Å²) >= 11 is 3.24. The van der Waals surface area contributed by atoms with Gasteiger partial charge in [-0.3, -0.25) is 4.79 Å². The first-order chi connectivity index (χ1) is 6.70. The van der Waals surface area contributed by atoms with Crippen LogP contribution in [0.3, 0.4) is 0 Å². The van der Waals surface area contributed by atoms with E-state index in [1.54, 1.807) is 18.2 Å². The first kappa shape index (κ1) is 9.21. The molecule has 4 nitrogen and oxygen atoms in total. The Kier molecular flexibility index (Phi) is 2.25. The maximum absolute atomic E-state index is 10.9. The second kappa shape index (κ2) is 3.42. The summed E-state index contributed by atoms with van der Waals surface area (Å²) in [4.78, 5) is 15.0. The Hall–Kier alpha value is -1.36. The Balaban J connectivity index is 2.59. The number of fused-ring (bicyclic) bond motifs is 1. The number of halogens is 1. The highest BCUT2D eigenvalue weighted by Crippen LogP contribution is 2.18. The number of rotatable bonds is 2. The first-order valence-corrected chi connectivity index (χ1v) is 5.08. The lowest BCUT2D eigenvalue weighted by atomic mass is 10.2. The number of nitrogens with two attached hydrogens (primary N) is 1. The van der Waals surface area contributed by atoms with Crippen LogP contribution in [-0.2, 0) is 5.33 Å². The molecule has 72 valence electrons. The summed E-state index contributed by atoms with van der Waals surface area (Å²) in [5.74, 6) is 0.116. The van der Waals surface area contributed by atoms with Crippen LogP contribution in [0.5, 0.6) is 0 Å².